The Morgan fingerprint density at radius 2 is 2.14 bits per heavy atom. The van der Waals surface area contributed by atoms with E-state index in [0.717, 1.165) is 11.1 Å². The number of rotatable bonds is 2. The first-order valence-electron chi connectivity index (χ1n) is 6.68. The van der Waals surface area contributed by atoms with Crippen molar-refractivity contribution in [3.8, 4) is 0 Å². The minimum Gasteiger partial charge on any atom is -0.390 e. The summed E-state index contributed by atoms with van der Waals surface area (Å²) in [6.45, 7) is 0. The second kappa shape index (κ2) is 5.83. The van der Waals surface area contributed by atoms with Crippen LogP contribution in [0.2, 0.25) is 10.0 Å². The molecule has 0 radical (unpaired) electrons. The average molecular weight is 338 g/mol. The number of hydrogen-bond donors (Lipinski definition) is 1. The number of carbonyl (C=O) groups is 1. The van der Waals surface area contributed by atoms with Crippen molar-refractivity contribution in [1.82, 2.24) is 15.1 Å². The molecule has 0 aliphatic heterocycles. The highest BCUT2D eigenvalue weighted by atomic mass is 35.5. The number of halogens is 2. The Bertz CT molecular complexity index is 724. The quantitative estimate of drug-likeness (QED) is 0.914. The molecule has 2 unspecified atom stereocenters. The van der Waals surface area contributed by atoms with Crippen LogP contribution in [0.25, 0.3) is 0 Å². The summed E-state index contributed by atoms with van der Waals surface area (Å²) in [6, 6.07) is 4.48. The highest BCUT2D eigenvalue weighted by molar-refractivity contribution is 6.35. The van der Waals surface area contributed by atoms with Crippen LogP contribution in [0.1, 0.15) is 27.5 Å². The van der Waals surface area contributed by atoms with Gasteiger partial charge in [-0.3, -0.25) is 4.79 Å². The van der Waals surface area contributed by atoms with Gasteiger partial charge in [0.2, 0.25) is 0 Å². The number of benzene rings is 1. The van der Waals surface area contributed by atoms with Crippen LogP contribution < -0.4 is 0 Å². The van der Waals surface area contributed by atoms with Crippen molar-refractivity contribution in [3.05, 3.63) is 57.3 Å². The normalized spacial score (nSPS) is 19.8. The summed E-state index contributed by atoms with van der Waals surface area (Å²) in [7, 11) is 1.64. The summed E-state index contributed by atoms with van der Waals surface area (Å²) in [5, 5.41) is 18.7. The summed E-state index contributed by atoms with van der Waals surface area (Å²) >= 11 is 12.2. The van der Waals surface area contributed by atoms with Crippen molar-refractivity contribution in [2.75, 3.05) is 7.05 Å². The third-order valence-corrected chi connectivity index (χ3v) is 4.42. The van der Waals surface area contributed by atoms with Crippen LogP contribution in [0, 0.1) is 0 Å². The van der Waals surface area contributed by atoms with Crippen LogP contribution in [0.3, 0.4) is 0 Å². The van der Waals surface area contributed by atoms with Crippen molar-refractivity contribution in [3.63, 3.8) is 0 Å². The molecule has 0 bridgehead atoms. The van der Waals surface area contributed by atoms with E-state index in [2.05, 4.69) is 10.2 Å². The number of aliphatic hydroxyl groups is 1. The maximum absolute atomic E-state index is 12.5. The molecule has 0 fully saturated rings. The predicted octanol–water partition coefficient (Wildman–Crippen LogP) is 2.51. The van der Waals surface area contributed by atoms with Crippen LogP contribution in [0.4, 0.5) is 0 Å². The van der Waals surface area contributed by atoms with Crippen LogP contribution in [-0.4, -0.2) is 39.3 Å². The summed E-state index contributed by atoms with van der Waals surface area (Å²) in [6.07, 6.45) is 2.51. The third kappa shape index (κ3) is 2.56. The molecule has 22 heavy (non-hydrogen) atoms. The number of fused-ring (bicyclic) bond motifs is 1. The lowest BCUT2D eigenvalue weighted by Crippen LogP contribution is -2.36. The van der Waals surface area contributed by atoms with Gasteiger partial charge >= 0.3 is 0 Å². The SMILES string of the molecule is CN(C(=O)c1ccnnc1)C1c2cc(Cl)cc(Cl)c2CC1O. The van der Waals surface area contributed by atoms with Crippen molar-refractivity contribution in [2.45, 2.75) is 18.6 Å². The molecule has 0 spiro atoms. The summed E-state index contributed by atoms with van der Waals surface area (Å²) in [5.74, 6) is -0.247. The van der Waals surface area contributed by atoms with E-state index in [1.54, 1.807) is 25.2 Å². The predicted molar refractivity (Wildman–Crippen MR) is 83.0 cm³/mol. The molecule has 114 valence electrons. The molecule has 0 saturated carbocycles. The largest absolute Gasteiger partial charge is 0.390 e. The van der Waals surface area contributed by atoms with E-state index in [0.29, 0.717) is 22.0 Å². The third-order valence-electron chi connectivity index (χ3n) is 3.86. The Balaban J connectivity index is 1.98. The smallest absolute Gasteiger partial charge is 0.255 e. The average Bonchev–Trinajstić information content (AvgIpc) is 2.83. The zero-order valence-electron chi connectivity index (χ0n) is 11.7. The molecule has 2 atom stereocenters. The van der Waals surface area contributed by atoms with Gasteiger partial charge in [-0.2, -0.15) is 10.2 Å². The minimum absolute atomic E-state index is 0.247. The van der Waals surface area contributed by atoms with E-state index >= 15 is 0 Å². The van der Waals surface area contributed by atoms with Crippen molar-refractivity contribution in [2.24, 2.45) is 0 Å². The number of carbonyl (C=O) groups excluding carboxylic acids is 1. The van der Waals surface area contributed by atoms with E-state index in [4.69, 9.17) is 23.2 Å². The number of hydrogen-bond acceptors (Lipinski definition) is 4. The van der Waals surface area contributed by atoms with Crippen LogP contribution in [0.15, 0.2) is 30.6 Å². The fourth-order valence-electron chi connectivity index (χ4n) is 2.84. The Kier molecular flexibility index (Phi) is 4.04. The van der Waals surface area contributed by atoms with Crippen LogP contribution >= 0.6 is 23.2 Å². The maximum Gasteiger partial charge on any atom is 0.255 e. The van der Waals surface area contributed by atoms with Crippen molar-refractivity contribution >= 4 is 29.1 Å². The molecule has 5 nitrogen and oxygen atoms in total. The van der Waals surface area contributed by atoms with Gasteiger partial charge in [-0.1, -0.05) is 23.2 Å². The summed E-state index contributed by atoms with van der Waals surface area (Å²) < 4.78 is 0. The van der Waals surface area contributed by atoms with Gasteiger partial charge in [-0.05, 0) is 29.3 Å². The first-order chi connectivity index (χ1) is 10.5. The molecule has 1 aliphatic rings. The molecule has 1 aliphatic carbocycles. The maximum atomic E-state index is 12.5. The lowest BCUT2D eigenvalue weighted by atomic mass is 10.1. The second-order valence-corrected chi connectivity index (χ2v) is 6.06. The lowest BCUT2D eigenvalue weighted by molar-refractivity contribution is 0.0497. The topological polar surface area (TPSA) is 66.3 Å². The molecule has 0 saturated heterocycles. The Morgan fingerprint density at radius 3 is 2.82 bits per heavy atom. The van der Waals surface area contributed by atoms with E-state index in [1.165, 1.54) is 17.3 Å². The second-order valence-electron chi connectivity index (χ2n) is 5.22. The first kappa shape index (κ1) is 15.2. The van der Waals surface area contributed by atoms with Gasteiger partial charge in [-0.15, -0.1) is 0 Å². The highest BCUT2D eigenvalue weighted by Gasteiger charge is 2.37. The number of nitrogens with zero attached hydrogens (tertiary/aromatic N) is 3. The van der Waals surface area contributed by atoms with Gasteiger partial charge in [0.1, 0.15) is 0 Å². The van der Waals surface area contributed by atoms with Gasteiger partial charge in [0.05, 0.1) is 30.1 Å². The Hall–Kier alpha value is -1.69. The minimum atomic E-state index is -0.727. The fourth-order valence-corrected chi connectivity index (χ4v) is 3.43. The number of likely N-dealkylation sites (N-methyl/N-ethyl adjacent to an activating group) is 1. The number of aromatic nitrogens is 2. The molecule has 1 aromatic carbocycles. The fraction of sp³-hybridized carbons (Fsp3) is 0.267. The zero-order valence-corrected chi connectivity index (χ0v) is 13.2. The Labute approximate surface area is 137 Å². The monoisotopic (exact) mass is 337 g/mol. The van der Waals surface area contributed by atoms with E-state index < -0.39 is 12.1 Å². The van der Waals surface area contributed by atoms with E-state index in [-0.39, 0.29) is 5.91 Å². The molecule has 1 aromatic heterocycles. The molecule has 1 heterocycles. The first-order valence-corrected chi connectivity index (χ1v) is 7.44. The number of aliphatic hydroxyl groups excluding tert-OH is 1. The number of amides is 1. The highest BCUT2D eigenvalue weighted by Crippen LogP contribution is 2.41. The van der Waals surface area contributed by atoms with Gasteiger partial charge in [0, 0.05) is 23.5 Å². The van der Waals surface area contributed by atoms with E-state index in [9.17, 15) is 9.90 Å². The molecular formula is C15H13Cl2N3O2. The van der Waals surface area contributed by atoms with E-state index in [1.807, 2.05) is 0 Å². The molecule has 1 amide bonds. The summed E-state index contributed by atoms with van der Waals surface area (Å²) in [4.78, 5) is 14.0. The molecular weight excluding hydrogens is 325 g/mol. The van der Waals surface area contributed by atoms with Gasteiger partial charge in [0.15, 0.2) is 0 Å². The van der Waals surface area contributed by atoms with Gasteiger partial charge < -0.3 is 10.0 Å². The van der Waals surface area contributed by atoms with Crippen molar-refractivity contribution in [1.29, 1.82) is 0 Å². The van der Waals surface area contributed by atoms with Gasteiger partial charge in [0.25, 0.3) is 5.91 Å². The molecule has 1 N–H and O–H groups in total. The van der Waals surface area contributed by atoms with Gasteiger partial charge in [-0.25, -0.2) is 0 Å². The Morgan fingerprint density at radius 1 is 1.36 bits per heavy atom. The molecule has 3 rings (SSSR count). The molecule has 2 aromatic rings. The van der Waals surface area contributed by atoms with Crippen LogP contribution in [-0.2, 0) is 6.42 Å². The standard InChI is InChI=1S/C15H13Cl2N3O2/c1-20(15(22)8-2-3-18-19-7-8)14-11-4-9(16)5-12(17)10(11)6-13(14)21/h2-5,7,13-14,21H,6H2,1H3. The molecule has 7 heteroatoms. The summed E-state index contributed by atoms with van der Waals surface area (Å²) in [5.41, 5.74) is 2.02. The lowest BCUT2D eigenvalue weighted by Gasteiger charge is -2.28. The van der Waals surface area contributed by atoms with Crippen molar-refractivity contribution < 1.29 is 9.90 Å². The zero-order chi connectivity index (χ0) is 15.9. The van der Waals surface area contributed by atoms with Crippen LogP contribution in [0.5, 0.6) is 0 Å².